The Morgan fingerprint density at radius 1 is 1.22 bits per heavy atom. The van der Waals surface area contributed by atoms with Crippen LogP contribution in [-0.4, -0.2) is 13.1 Å². The average Bonchev–Trinajstić information content (AvgIpc) is 2.32. The summed E-state index contributed by atoms with van der Waals surface area (Å²) in [6.07, 6.45) is 1.57. The summed E-state index contributed by atoms with van der Waals surface area (Å²) >= 11 is 0. The quantitative estimate of drug-likeness (QED) is 0.778. The third kappa shape index (κ3) is 4.16. The summed E-state index contributed by atoms with van der Waals surface area (Å²) in [6.45, 7) is 10.7. The number of hydrogen-bond donors (Lipinski definition) is 1. The molecule has 1 aromatic carbocycles. The van der Waals surface area contributed by atoms with E-state index in [2.05, 4.69) is 57.3 Å². The zero-order valence-corrected chi connectivity index (χ0v) is 12.0. The van der Waals surface area contributed by atoms with Crippen LogP contribution < -0.4 is 5.32 Å². The summed E-state index contributed by atoms with van der Waals surface area (Å²) in [5.74, 6) is 0. The molecule has 0 amide bonds. The molecule has 0 aliphatic rings. The molecule has 0 heterocycles. The third-order valence-corrected chi connectivity index (χ3v) is 3.50. The van der Waals surface area contributed by atoms with Gasteiger partial charge in [0.1, 0.15) is 0 Å². The predicted molar refractivity (Wildman–Crippen MR) is 76.7 cm³/mol. The maximum atomic E-state index is 8.48. The number of nitrogens with one attached hydrogen (secondary N) is 1. The van der Waals surface area contributed by atoms with E-state index in [0.29, 0.717) is 6.42 Å². The van der Waals surface area contributed by atoms with Crippen LogP contribution in [0.2, 0.25) is 0 Å². The second kappa shape index (κ2) is 6.56. The van der Waals surface area contributed by atoms with Gasteiger partial charge in [-0.25, -0.2) is 0 Å². The number of hydrogen-bond acceptors (Lipinski definition) is 2. The summed E-state index contributed by atoms with van der Waals surface area (Å²) in [6, 6.07) is 8.87. The first-order valence-electron chi connectivity index (χ1n) is 6.63. The molecule has 1 aromatic rings. The SMILES string of the molecule is Cc1ccc(C(C)(C)CNCCCC#N)cc1C. The van der Waals surface area contributed by atoms with Gasteiger partial charge in [0.2, 0.25) is 0 Å². The Kier molecular flexibility index (Phi) is 5.37. The first kappa shape index (κ1) is 14.7. The summed E-state index contributed by atoms with van der Waals surface area (Å²) < 4.78 is 0. The molecule has 1 rings (SSSR count). The number of benzene rings is 1. The lowest BCUT2D eigenvalue weighted by Crippen LogP contribution is -2.33. The number of nitrogens with zero attached hydrogens (tertiary/aromatic N) is 1. The van der Waals surface area contributed by atoms with E-state index in [4.69, 9.17) is 5.26 Å². The van der Waals surface area contributed by atoms with Crippen LogP contribution in [0.15, 0.2) is 18.2 Å². The van der Waals surface area contributed by atoms with Crippen molar-refractivity contribution in [3.63, 3.8) is 0 Å². The van der Waals surface area contributed by atoms with E-state index in [1.54, 1.807) is 0 Å². The predicted octanol–water partition coefficient (Wildman–Crippen LogP) is 3.47. The molecule has 0 saturated carbocycles. The van der Waals surface area contributed by atoms with Gasteiger partial charge < -0.3 is 5.32 Å². The molecule has 98 valence electrons. The number of aryl methyl sites for hydroxylation is 2. The Hall–Kier alpha value is -1.33. The van der Waals surface area contributed by atoms with Gasteiger partial charge in [-0.15, -0.1) is 0 Å². The van der Waals surface area contributed by atoms with Crippen molar-refractivity contribution < 1.29 is 0 Å². The molecule has 0 radical (unpaired) electrons. The summed E-state index contributed by atoms with van der Waals surface area (Å²) in [7, 11) is 0. The Bertz CT molecular complexity index is 427. The Labute approximate surface area is 111 Å². The molecule has 0 atom stereocenters. The topological polar surface area (TPSA) is 35.8 Å². The van der Waals surface area contributed by atoms with E-state index in [1.807, 2.05) is 0 Å². The molecular weight excluding hydrogens is 220 g/mol. The van der Waals surface area contributed by atoms with Gasteiger partial charge in [-0.05, 0) is 43.5 Å². The third-order valence-electron chi connectivity index (χ3n) is 3.50. The van der Waals surface area contributed by atoms with Crippen molar-refractivity contribution >= 4 is 0 Å². The van der Waals surface area contributed by atoms with Crippen LogP contribution in [0.1, 0.15) is 43.4 Å². The van der Waals surface area contributed by atoms with Gasteiger partial charge in [-0.3, -0.25) is 0 Å². The van der Waals surface area contributed by atoms with Crippen molar-refractivity contribution in [3.8, 4) is 6.07 Å². The van der Waals surface area contributed by atoms with Crippen molar-refractivity contribution in [1.82, 2.24) is 5.32 Å². The lowest BCUT2D eigenvalue weighted by Gasteiger charge is -2.26. The summed E-state index contributed by atoms with van der Waals surface area (Å²) in [5.41, 5.74) is 4.20. The number of unbranched alkanes of at least 4 members (excludes halogenated alkanes) is 1. The van der Waals surface area contributed by atoms with Crippen molar-refractivity contribution in [2.24, 2.45) is 0 Å². The molecule has 0 aliphatic carbocycles. The minimum atomic E-state index is 0.130. The van der Waals surface area contributed by atoms with Gasteiger partial charge >= 0.3 is 0 Å². The molecule has 2 heteroatoms. The van der Waals surface area contributed by atoms with Gasteiger partial charge in [0.25, 0.3) is 0 Å². The monoisotopic (exact) mass is 244 g/mol. The lowest BCUT2D eigenvalue weighted by atomic mass is 9.83. The van der Waals surface area contributed by atoms with Crippen molar-refractivity contribution in [2.45, 2.75) is 46.0 Å². The molecule has 0 unspecified atom stereocenters. The highest BCUT2D eigenvalue weighted by atomic mass is 14.9. The fourth-order valence-electron chi connectivity index (χ4n) is 1.96. The maximum Gasteiger partial charge on any atom is 0.0622 e. The van der Waals surface area contributed by atoms with Crippen LogP contribution in [-0.2, 0) is 5.41 Å². The van der Waals surface area contributed by atoms with Crippen molar-refractivity contribution in [1.29, 1.82) is 5.26 Å². The van der Waals surface area contributed by atoms with E-state index in [9.17, 15) is 0 Å². The summed E-state index contributed by atoms with van der Waals surface area (Å²) in [5, 5.41) is 11.9. The highest BCUT2D eigenvalue weighted by Crippen LogP contribution is 2.24. The molecule has 2 nitrogen and oxygen atoms in total. The van der Waals surface area contributed by atoms with Crippen molar-refractivity contribution in [2.75, 3.05) is 13.1 Å². The average molecular weight is 244 g/mol. The Morgan fingerprint density at radius 3 is 2.56 bits per heavy atom. The van der Waals surface area contributed by atoms with Gasteiger partial charge in [0.15, 0.2) is 0 Å². The molecule has 0 spiro atoms. The lowest BCUT2D eigenvalue weighted by molar-refractivity contribution is 0.467. The molecule has 0 saturated heterocycles. The van der Waals surface area contributed by atoms with Crippen LogP contribution in [0.5, 0.6) is 0 Å². The van der Waals surface area contributed by atoms with Crippen LogP contribution in [0.4, 0.5) is 0 Å². The van der Waals surface area contributed by atoms with Crippen LogP contribution in [0.25, 0.3) is 0 Å². The Balaban J connectivity index is 2.57. The first-order valence-corrected chi connectivity index (χ1v) is 6.63. The molecule has 0 aliphatic heterocycles. The molecule has 0 aromatic heterocycles. The second-order valence-electron chi connectivity index (χ2n) is 5.62. The molecular formula is C16H24N2. The van der Waals surface area contributed by atoms with Gasteiger partial charge in [-0.1, -0.05) is 32.0 Å². The normalized spacial score (nSPS) is 11.3. The molecule has 0 fully saturated rings. The fraction of sp³-hybridized carbons (Fsp3) is 0.562. The fourth-order valence-corrected chi connectivity index (χ4v) is 1.96. The molecule has 1 N–H and O–H groups in total. The smallest absolute Gasteiger partial charge is 0.0622 e. The minimum Gasteiger partial charge on any atom is -0.316 e. The van der Waals surface area contributed by atoms with Crippen LogP contribution in [0.3, 0.4) is 0 Å². The van der Waals surface area contributed by atoms with E-state index < -0.39 is 0 Å². The Morgan fingerprint density at radius 2 is 1.94 bits per heavy atom. The van der Waals surface area contributed by atoms with Gasteiger partial charge in [0, 0.05) is 18.4 Å². The second-order valence-corrected chi connectivity index (χ2v) is 5.62. The van der Waals surface area contributed by atoms with Crippen molar-refractivity contribution in [3.05, 3.63) is 34.9 Å². The van der Waals surface area contributed by atoms with Crippen LogP contribution >= 0.6 is 0 Å². The standard InChI is InChI=1S/C16H24N2/c1-13-7-8-15(11-14(13)2)16(3,4)12-18-10-6-5-9-17/h7-8,11,18H,5-6,10,12H2,1-4H3. The van der Waals surface area contributed by atoms with Gasteiger partial charge in [-0.2, -0.15) is 5.26 Å². The van der Waals surface area contributed by atoms with E-state index in [1.165, 1.54) is 16.7 Å². The first-order chi connectivity index (χ1) is 8.47. The largest absolute Gasteiger partial charge is 0.316 e. The highest BCUT2D eigenvalue weighted by Gasteiger charge is 2.20. The van der Waals surface area contributed by atoms with E-state index in [-0.39, 0.29) is 5.41 Å². The van der Waals surface area contributed by atoms with E-state index >= 15 is 0 Å². The zero-order chi connectivity index (χ0) is 13.6. The number of rotatable bonds is 6. The summed E-state index contributed by atoms with van der Waals surface area (Å²) in [4.78, 5) is 0. The maximum absolute atomic E-state index is 8.48. The molecule has 18 heavy (non-hydrogen) atoms. The van der Waals surface area contributed by atoms with E-state index in [0.717, 1.165) is 19.5 Å². The molecule has 0 bridgehead atoms. The highest BCUT2D eigenvalue weighted by molar-refractivity contribution is 5.34. The minimum absolute atomic E-state index is 0.130. The zero-order valence-electron chi connectivity index (χ0n) is 12.0. The van der Waals surface area contributed by atoms with Gasteiger partial charge in [0.05, 0.1) is 6.07 Å². The van der Waals surface area contributed by atoms with Crippen LogP contribution in [0, 0.1) is 25.2 Å². The number of nitriles is 1.